The zero-order valence-corrected chi connectivity index (χ0v) is 24.9. The van der Waals surface area contributed by atoms with E-state index in [0.717, 1.165) is 38.5 Å². The maximum atomic E-state index is 12.5. The van der Waals surface area contributed by atoms with Gasteiger partial charge in [0.15, 0.2) is 0 Å². The number of carbonyl (C=O) groups is 1. The highest BCUT2D eigenvalue weighted by molar-refractivity contribution is 5.66. The van der Waals surface area contributed by atoms with E-state index < -0.39 is 17.8 Å². The van der Waals surface area contributed by atoms with Gasteiger partial charge in [-0.05, 0) is 98.7 Å². The van der Waals surface area contributed by atoms with Crippen molar-refractivity contribution >= 4 is 5.97 Å². The maximum absolute atomic E-state index is 12.5. The Morgan fingerprint density at radius 1 is 1.05 bits per heavy atom. The van der Waals surface area contributed by atoms with Gasteiger partial charge < -0.3 is 24.8 Å². The van der Waals surface area contributed by atoms with Crippen LogP contribution in [0.3, 0.4) is 0 Å². The Morgan fingerprint density at radius 3 is 2.34 bits per heavy atom. The number of hydrogen-bond acceptors (Lipinski definition) is 6. The number of carbonyl (C=O) groups excluding carboxylic acids is 1. The molecule has 1 heterocycles. The first kappa shape index (κ1) is 28.6. The molecule has 1 saturated heterocycles. The van der Waals surface area contributed by atoms with E-state index in [9.17, 15) is 20.1 Å². The van der Waals surface area contributed by atoms with E-state index in [-0.39, 0.29) is 51.7 Å². The molecule has 38 heavy (non-hydrogen) atoms. The van der Waals surface area contributed by atoms with Crippen LogP contribution in [0.2, 0.25) is 0 Å². The molecule has 5 rings (SSSR count). The molecule has 0 unspecified atom stereocenters. The molecule has 3 N–H and O–H groups in total. The molecule has 3 saturated carbocycles. The van der Waals surface area contributed by atoms with E-state index in [1.807, 2.05) is 0 Å². The third kappa shape index (κ3) is 3.98. The molecule has 0 bridgehead atoms. The van der Waals surface area contributed by atoms with Crippen LogP contribution < -0.4 is 0 Å². The van der Waals surface area contributed by atoms with Gasteiger partial charge in [-0.1, -0.05) is 46.3 Å². The van der Waals surface area contributed by atoms with Gasteiger partial charge in [-0.3, -0.25) is 4.79 Å². The Kier molecular flexibility index (Phi) is 6.79. The van der Waals surface area contributed by atoms with Gasteiger partial charge in [-0.25, -0.2) is 0 Å². The smallest absolute Gasteiger partial charge is 0.302 e. The summed E-state index contributed by atoms with van der Waals surface area (Å²) in [5, 5.41) is 32.4. The Bertz CT molecular complexity index is 981. The van der Waals surface area contributed by atoms with E-state index in [0.29, 0.717) is 24.9 Å². The van der Waals surface area contributed by atoms with Crippen LogP contribution in [-0.4, -0.2) is 57.9 Å². The number of ether oxygens (including phenoxy) is 2. The van der Waals surface area contributed by atoms with Crippen molar-refractivity contribution in [2.45, 2.75) is 130 Å². The number of hydrogen-bond donors (Lipinski definition) is 3. The van der Waals surface area contributed by atoms with Crippen LogP contribution in [0.1, 0.15) is 100 Å². The monoisotopic (exact) mass is 532 g/mol. The van der Waals surface area contributed by atoms with Crippen LogP contribution in [-0.2, 0) is 14.3 Å². The summed E-state index contributed by atoms with van der Waals surface area (Å²) in [6.45, 7) is 17.1. The minimum absolute atomic E-state index is 0.0497. The summed E-state index contributed by atoms with van der Waals surface area (Å²) in [5.41, 5.74) is -0.108. The number of fused-ring (bicyclic) bond motifs is 5. The van der Waals surface area contributed by atoms with E-state index in [2.05, 4.69) is 40.7 Å². The van der Waals surface area contributed by atoms with E-state index in [1.54, 1.807) is 13.8 Å². The molecule has 5 aliphatic rings. The van der Waals surface area contributed by atoms with Crippen molar-refractivity contribution in [3.8, 4) is 0 Å². The van der Waals surface area contributed by atoms with Crippen molar-refractivity contribution < 1.29 is 29.6 Å². The Balaban J connectivity index is 1.49. The summed E-state index contributed by atoms with van der Waals surface area (Å²) in [4.78, 5) is 12.5. The number of allylic oxidation sites excluding steroid dienone is 1. The molecule has 4 fully saturated rings. The van der Waals surface area contributed by atoms with Crippen LogP contribution in [0.4, 0.5) is 0 Å². The third-order valence-corrected chi connectivity index (χ3v) is 12.6. The summed E-state index contributed by atoms with van der Waals surface area (Å²) in [6.07, 6.45) is 6.97. The third-order valence-electron chi connectivity index (χ3n) is 12.6. The number of aliphatic hydroxyl groups is 3. The molecule has 11 atom stereocenters. The van der Waals surface area contributed by atoms with Gasteiger partial charge in [-0.2, -0.15) is 0 Å². The SMILES string of the molecule is CC(=O)O[C@@H]1C[C@H]2C(C)(C)[C@H](O)CC[C@]2(C)[C@H]2CC[C@]3(C)C(=CC[C@H]3[C@@H]3CO[C@H](C(C)(C)O)[C@H](O)C3)[C@@]21C. The topological polar surface area (TPSA) is 96.2 Å². The molecule has 6 heteroatoms. The molecule has 0 amide bonds. The maximum Gasteiger partial charge on any atom is 0.302 e. The fraction of sp³-hybridized carbons (Fsp3) is 0.906. The lowest BCUT2D eigenvalue weighted by molar-refractivity contribution is -0.224. The van der Waals surface area contributed by atoms with Crippen LogP contribution in [0.25, 0.3) is 0 Å². The number of rotatable bonds is 3. The van der Waals surface area contributed by atoms with Crippen molar-refractivity contribution in [1.82, 2.24) is 0 Å². The standard InChI is InChI=1S/C32H52O6/c1-18(33)38-26-16-24-28(2,3)25(35)12-14-31(24,7)23-11-13-30(6)20(9-10-22(30)32(23,26)8)19-15-21(34)27(37-17-19)29(4,5)36/h10,19-21,23-27,34-36H,9,11-17H2,1-8H3/t19-,20-,21+,23+,24-,25+,26+,27-,30-,31+,32-/m0/s1. The lowest BCUT2D eigenvalue weighted by Gasteiger charge is -2.68. The Labute approximate surface area is 229 Å². The van der Waals surface area contributed by atoms with Crippen LogP contribution in [0.15, 0.2) is 11.6 Å². The van der Waals surface area contributed by atoms with Gasteiger partial charge in [0.05, 0.1) is 24.4 Å². The summed E-state index contributed by atoms with van der Waals surface area (Å²) in [7, 11) is 0. The summed E-state index contributed by atoms with van der Waals surface area (Å²) in [5.74, 6) is 0.988. The average Bonchev–Trinajstić information content (AvgIpc) is 3.15. The molecular formula is C32H52O6. The second-order valence-corrected chi connectivity index (χ2v) is 15.5. The van der Waals surface area contributed by atoms with Crippen LogP contribution in [0.5, 0.6) is 0 Å². The Hall–Kier alpha value is -0.950. The van der Waals surface area contributed by atoms with Crippen molar-refractivity contribution in [1.29, 1.82) is 0 Å². The molecule has 1 aliphatic heterocycles. The molecule has 6 nitrogen and oxygen atoms in total. The van der Waals surface area contributed by atoms with Gasteiger partial charge in [-0.15, -0.1) is 0 Å². The van der Waals surface area contributed by atoms with Crippen LogP contribution in [0, 0.1) is 45.3 Å². The molecule has 0 spiro atoms. The molecule has 216 valence electrons. The zero-order chi connectivity index (χ0) is 28.1. The lowest BCUT2D eigenvalue weighted by atomic mass is 9.37. The second kappa shape index (κ2) is 9.03. The van der Waals surface area contributed by atoms with Crippen molar-refractivity contribution in [3.05, 3.63) is 11.6 Å². The predicted molar refractivity (Wildman–Crippen MR) is 146 cm³/mol. The van der Waals surface area contributed by atoms with Crippen molar-refractivity contribution in [2.75, 3.05) is 6.61 Å². The first-order valence-electron chi connectivity index (χ1n) is 15.1. The van der Waals surface area contributed by atoms with Gasteiger partial charge in [0.1, 0.15) is 12.2 Å². The predicted octanol–water partition coefficient (Wildman–Crippen LogP) is 5.03. The Morgan fingerprint density at radius 2 is 1.74 bits per heavy atom. The lowest BCUT2D eigenvalue weighted by Crippen LogP contribution is -2.66. The zero-order valence-electron chi connectivity index (χ0n) is 24.9. The molecular weight excluding hydrogens is 480 g/mol. The van der Waals surface area contributed by atoms with E-state index >= 15 is 0 Å². The normalized spacial score (nSPS) is 50.3. The molecule has 4 aliphatic carbocycles. The molecule has 0 aromatic carbocycles. The van der Waals surface area contributed by atoms with Gasteiger partial charge in [0.2, 0.25) is 0 Å². The highest BCUT2D eigenvalue weighted by Gasteiger charge is 2.69. The molecule has 0 radical (unpaired) electrons. The second-order valence-electron chi connectivity index (χ2n) is 15.5. The average molecular weight is 533 g/mol. The van der Waals surface area contributed by atoms with Gasteiger partial charge >= 0.3 is 5.97 Å². The highest BCUT2D eigenvalue weighted by Crippen LogP contribution is 2.73. The molecule has 0 aromatic rings. The highest BCUT2D eigenvalue weighted by atomic mass is 16.5. The first-order chi connectivity index (χ1) is 17.5. The largest absolute Gasteiger partial charge is 0.462 e. The number of aliphatic hydroxyl groups excluding tert-OH is 2. The minimum atomic E-state index is -1.08. The van der Waals surface area contributed by atoms with Crippen molar-refractivity contribution in [2.24, 2.45) is 45.3 Å². The fourth-order valence-electron chi connectivity index (χ4n) is 10.8. The van der Waals surface area contributed by atoms with E-state index in [4.69, 9.17) is 9.47 Å². The summed E-state index contributed by atoms with van der Waals surface area (Å²) >= 11 is 0. The molecule has 0 aromatic heterocycles. The van der Waals surface area contributed by atoms with Crippen LogP contribution >= 0.6 is 0 Å². The van der Waals surface area contributed by atoms with E-state index in [1.165, 1.54) is 12.5 Å². The first-order valence-corrected chi connectivity index (χ1v) is 15.1. The fourth-order valence-corrected chi connectivity index (χ4v) is 10.8. The van der Waals surface area contributed by atoms with Gasteiger partial charge in [0, 0.05) is 12.3 Å². The summed E-state index contributed by atoms with van der Waals surface area (Å²) in [6, 6.07) is 0. The minimum Gasteiger partial charge on any atom is -0.462 e. The van der Waals surface area contributed by atoms with Crippen molar-refractivity contribution in [3.63, 3.8) is 0 Å². The number of esters is 1. The van der Waals surface area contributed by atoms with Gasteiger partial charge in [0.25, 0.3) is 0 Å². The summed E-state index contributed by atoms with van der Waals surface area (Å²) < 4.78 is 12.3. The quantitative estimate of drug-likeness (QED) is 0.349.